The molecule has 0 fully saturated rings. The van der Waals surface area contributed by atoms with Gasteiger partial charge in [-0.2, -0.15) is 0 Å². The van der Waals surface area contributed by atoms with Crippen LogP contribution in [0.2, 0.25) is 0 Å². The van der Waals surface area contributed by atoms with E-state index in [1.54, 1.807) is 30.3 Å². The molecule has 0 spiro atoms. The van der Waals surface area contributed by atoms with Crippen LogP contribution in [0.3, 0.4) is 0 Å². The molecule has 0 radical (unpaired) electrons. The van der Waals surface area contributed by atoms with Crippen molar-refractivity contribution in [3.63, 3.8) is 0 Å². The minimum Gasteiger partial charge on any atom is -0.506 e. The molecule has 24 heavy (non-hydrogen) atoms. The third kappa shape index (κ3) is 3.05. The number of carboxylic acid groups (broad SMARTS) is 1. The Bertz CT molecular complexity index is 934. The third-order valence-corrected chi connectivity index (χ3v) is 3.77. The second kappa shape index (κ2) is 6.42. The summed E-state index contributed by atoms with van der Waals surface area (Å²) in [5.41, 5.74) is 0.836. The average molecular weight is 321 g/mol. The molecule has 0 saturated heterocycles. The molecule has 0 aromatic heterocycles. The molecular weight excluding hydrogens is 306 g/mol. The van der Waals surface area contributed by atoms with Crippen molar-refractivity contribution in [2.75, 3.05) is 5.32 Å². The first-order chi connectivity index (χ1) is 11.6. The molecule has 5 nitrogen and oxygen atoms in total. The number of carboxylic acids is 1. The van der Waals surface area contributed by atoms with Gasteiger partial charge >= 0.3 is 5.97 Å². The minimum atomic E-state index is -1.08. The van der Waals surface area contributed by atoms with Crippen molar-refractivity contribution in [1.29, 1.82) is 0 Å². The van der Waals surface area contributed by atoms with Crippen LogP contribution in [0.4, 0.5) is 5.69 Å². The SMILES string of the molecule is O=C(Cc1ccccc1C(=O)O)Nc1c(O)ccc2ccccc12. The lowest BCUT2D eigenvalue weighted by molar-refractivity contribution is -0.115. The van der Waals surface area contributed by atoms with Gasteiger partial charge in [0, 0.05) is 5.39 Å². The van der Waals surface area contributed by atoms with E-state index in [1.165, 1.54) is 12.1 Å². The Labute approximate surface area is 138 Å². The van der Waals surface area contributed by atoms with Gasteiger partial charge in [-0.15, -0.1) is 0 Å². The van der Waals surface area contributed by atoms with Crippen LogP contribution in [0.1, 0.15) is 15.9 Å². The van der Waals surface area contributed by atoms with Gasteiger partial charge in [0.15, 0.2) is 0 Å². The van der Waals surface area contributed by atoms with Crippen molar-refractivity contribution in [2.24, 2.45) is 0 Å². The lowest BCUT2D eigenvalue weighted by atomic mass is 10.0. The third-order valence-electron chi connectivity index (χ3n) is 3.77. The molecule has 3 N–H and O–H groups in total. The molecular formula is C19H15NO4. The van der Waals surface area contributed by atoms with Gasteiger partial charge in [0.05, 0.1) is 17.7 Å². The van der Waals surface area contributed by atoms with Gasteiger partial charge in [-0.05, 0) is 23.1 Å². The smallest absolute Gasteiger partial charge is 0.335 e. The summed E-state index contributed by atoms with van der Waals surface area (Å²) in [6.45, 7) is 0. The number of amides is 1. The summed E-state index contributed by atoms with van der Waals surface area (Å²) in [6.07, 6.45) is -0.0921. The van der Waals surface area contributed by atoms with Crippen molar-refractivity contribution in [3.8, 4) is 5.75 Å². The van der Waals surface area contributed by atoms with Gasteiger partial charge in [0.1, 0.15) is 5.75 Å². The second-order valence-electron chi connectivity index (χ2n) is 5.37. The van der Waals surface area contributed by atoms with Crippen LogP contribution in [-0.2, 0) is 11.2 Å². The number of rotatable bonds is 4. The quantitative estimate of drug-likeness (QED) is 0.643. The predicted octanol–water partition coefficient (Wildman–Crippen LogP) is 3.42. The van der Waals surface area contributed by atoms with Crippen LogP contribution < -0.4 is 5.32 Å². The number of aromatic hydroxyl groups is 1. The summed E-state index contributed by atoms with van der Waals surface area (Å²) >= 11 is 0. The highest BCUT2D eigenvalue weighted by molar-refractivity contribution is 6.05. The molecule has 0 aliphatic rings. The number of benzene rings is 3. The molecule has 0 heterocycles. The van der Waals surface area contributed by atoms with Crippen LogP contribution in [0, 0.1) is 0 Å². The Hall–Kier alpha value is -3.34. The fraction of sp³-hybridized carbons (Fsp3) is 0.0526. The summed E-state index contributed by atoms with van der Waals surface area (Å²) < 4.78 is 0. The summed E-state index contributed by atoms with van der Waals surface area (Å²) in [7, 11) is 0. The molecule has 120 valence electrons. The Kier molecular flexibility index (Phi) is 4.16. The van der Waals surface area contributed by atoms with Crippen molar-refractivity contribution < 1.29 is 19.8 Å². The van der Waals surface area contributed by atoms with Crippen LogP contribution in [0.5, 0.6) is 5.75 Å². The summed E-state index contributed by atoms with van der Waals surface area (Å²) in [4.78, 5) is 23.6. The number of hydrogen-bond donors (Lipinski definition) is 3. The largest absolute Gasteiger partial charge is 0.506 e. The molecule has 3 aromatic carbocycles. The monoisotopic (exact) mass is 321 g/mol. The van der Waals surface area contributed by atoms with E-state index in [-0.39, 0.29) is 17.7 Å². The summed E-state index contributed by atoms with van der Waals surface area (Å²) in [5.74, 6) is -1.50. The molecule has 3 aromatic rings. The Balaban J connectivity index is 1.89. The number of nitrogens with one attached hydrogen (secondary N) is 1. The van der Waals surface area contributed by atoms with Gasteiger partial charge in [0.25, 0.3) is 0 Å². The first-order valence-electron chi connectivity index (χ1n) is 7.38. The van der Waals surface area contributed by atoms with Gasteiger partial charge in [-0.25, -0.2) is 4.79 Å². The van der Waals surface area contributed by atoms with Gasteiger partial charge in [0.2, 0.25) is 5.91 Å². The number of aromatic carboxylic acids is 1. The van der Waals surface area contributed by atoms with Gasteiger partial charge in [-0.3, -0.25) is 4.79 Å². The summed E-state index contributed by atoms with van der Waals surface area (Å²) in [5, 5.41) is 23.5. The van der Waals surface area contributed by atoms with Crippen molar-refractivity contribution in [3.05, 3.63) is 71.8 Å². The van der Waals surface area contributed by atoms with Crippen LogP contribution >= 0.6 is 0 Å². The number of phenols is 1. The highest BCUT2D eigenvalue weighted by Crippen LogP contribution is 2.32. The lowest BCUT2D eigenvalue weighted by Gasteiger charge is -2.11. The topological polar surface area (TPSA) is 86.6 Å². The molecule has 0 saturated carbocycles. The first kappa shape index (κ1) is 15.6. The maximum atomic E-state index is 12.3. The van der Waals surface area contributed by atoms with E-state index in [2.05, 4.69) is 5.32 Å². The van der Waals surface area contributed by atoms with Crippen molar-refractivity contribution in [1.82, 2.24) is 0 Å². The molecule has 0 atom stereocenters. The predicted molar refractivity (Wildman–Crippen MR) is 91.3 cm³/mol. The second-order valence-corrected chi connectivity index (χ2v) is 5.37. The number of anilines is 1. The number of hydrogen-bond acceptors (Lipinski definition) is 3. The fourth-order valence-corrected chi connectivity index (χ4v) is 2.63. The van der Waals surface area contributed by atoms with E-state index in [4.69, 9.17) is 0 Å². The molecule has 5 heteroatoms. The first-order valence-corrected chi connectivity index (χ1v) is 7.38. The van der Waals surface area contributed by atoms with E-state index in [9.17, 15) is 19.8 Å². The highest BCUT2D eigenvalue weighted by Gasteiger charge is 2.15. The molecule has 0 bridgehead atoms. The van der Waals surface area contributed by atoms with Crippen LogP contribution in [0.15, 0.2) is 60.7 Å². The zero-order valence-corrected chi connectivity index (χ0v) is 12.7. The van der Waals surface area contributed by atoms with Crippen LogP contribution in [-0.4, -0.2) is 22.1 Å². The number of carbonyl (C=O) groups excluding carboxylic acids is 1. The minimum absolute atomic E-state index is 0.0337. The molecule has 0 aliphatic heterocycles. The zero-order chi connectivity index (χ0) is 17.1. The lowest BCUT2D eigenvalue weighted by Crippen LogP contribution is -2.16. The molecule has 3 rings (SSSR count). The molecule has 0 aliphatic carbocycles. The Morgan fingerprint density at radius 1 is 0.917 bits per heavy atom. The van der Waals surface area contributed by atoms with Crippen LogP contribution in [0.25, 0.3) is 10.8 Å². The highest BCUT2D eigenvalue weighted by atomic mass is 16.4. The van der Waals surface area contributed by atoms with E-state index in [0.717, 1.165) is 10.8 Å². The zero-order valence-electron chi connectivity index (χ0n) is 12.7. The Morgan fingerprint density at radius 3 is 2.42 bits per heavy atom. The van der Waals surface area contributed by atoms with E-state index < -0.39 is 11.9 Å². The van der Waals surface area contributed by atoms with E-state index in [1.807, 2.05) is 18.2 Å². The number of phenolic OH excluding ortho intramolecular Hbond substituents is 1. The van der Waals surface area contributed by atoms with Crippen molar-refractivity contribution >= 4 is 28.3 Å². The standard InChI is InChI=1S/C19H15NO4/c21-16-10-9-12-5-1-3-7-14(12)18(16)20-17(22)11-13-6-2-4-8-15(13)19(23)24/h1-10,21H,11H2,(H,20,22)(H,23,24). The summed E-state index contributed by atoms with van der Waals surface area (Å²) in [6, 6.07) is 17.0. The van der Waals surface area contributed by atoms with E-state index in [0.29, 0.717) is 11.3 Å². The van der Waals surface area contributed by atoms with Crippen molar-refractivity contribution in [2.45, 2.75) is 6.42 Å². The normalized spacial score (nSPS) is 10.5. The fourth-order valence-electron chi connectivity index (χ4n) is 2.63. The molecule has 1 amide bonds. The number of carbonyl (C=O) groups is 2. The Morgan fingerprint density at radius 2 is 1.62 bits per heavy atom. The maximum absolute atomic E-state index is 12.3. The van der Waals surface area contributed by atoms with Gasteiger partial charge < -0.3 is 15.5 Å². The molecule has 0 unspecified atom stereocenters. The van der Waals surface area contributed by atoms with E-state index >= 15 is 0 Å². The maximum Gasteiger partial charge on any atom is 0.335 e. The van der Waals surface area contributed by atoms with Gasteiger partial charge in [-0.1, -0.05) is 48.5 Å². The average Bonchev–Trinajstić information content (AvgIpc) is 2.58. The number of fused-ring (bicyclic) bond motifs is 1.